The zero-order valence-electron chi connectivity index (χ0n) is 12.1. The molecule has 0 aliphatic carbocycles. The lowest BCUT2D eigenvalue weighted by Gasteiger charge is -2.17. The van der Waals surface area contributed by atoms with Crippen LogP contribution in [0.3, 0.4) is 0 Å². The Morgan fingerprint density at radius 2 is 1.83 bits per heavy atom. The molecule has 0 aliphatic rings. The molecule has 0 aliphatic heterocycles. The van der Waals surface area contributed by atoms with Gasteiger partial charge in [-0.1, -0.05) is 24.3 Å². The maximum absolute atomic E-state index is 12.9. The molecule has 0 aromatic heterocycles. The van der Waals surface area contributed by atoms with Crippen molar-refractivity contribution < 1.29 is 22.7 Å². The van der Waals surface area contributed by atoms with Crippen molar-refractivity contribution in [1.82, 2.24) is 0 Å². The molecule has 2 aromatic rings. The number of carbonyl (C=O) groups is 1. The number of halogens is 3. The number of aldehydes is 1. The first-order valence-corrected chi connectivity index (χ1v) is 6.68. The number of nitriles is 1. The van der Waals surface area contributed by atoms with Crippen LogP contribution in [0.1, 0.15) is 40.1 Å². The van der Waals surface area contributed by atoms with E-state index in [1.165, 1.54) is 12.1 Å². The second-order valence-corrected chi connectivity index (χ2v) is 4.86. The first-order chi connectivity index (χ1) is 10.8. The molecule has 2 aromatic carbocycles. The minimum Gasteiger partial charge on any atom is -0.486 e. The van der Waals surface area contributed by atoms with Gasteiger partial charge in [-0.3, -0.25) is 4.79 Å². The predicted octanol–water partition coefficient (Wildman–Crippen LogP) is 4.53. The summed E-state index contributed by atoms with van der Waals surface area (Å²) in [7, 11) is 0. The van der Waals surface area contributed by atoms with Crippen LogP contribution in [0.4, 0.5) is 13.2 Å². The van der Waals surface area contributed by atoms with Gasteiger partial charge in [-0.05, 0) is 30.7 Å². The quantitative estimate of drug-likeness (QED) is 0.778. The van der Waals surface area contributed by atoms with Crippen molar-refractivity contribution in [2.24, 2.45) is 0 Å². The molecule has 23 heavy (non-hydrogen) atoms. The maximum Gasteiger partial charge on any atom is 0.417 e. The number of hydrogen-bond donors (Lipinski definition) is 0. The van der Waals surface area contributed by atoms with Gasteiger partial charge in [-0.25, -0.2) is 0 Å². The summed E-state index contributed by atoms with van der Waals surface area (Å²) < 4.78 is 44.3. The van der Waals surface area contributed by atoms with E-state index in [9.17, 15) is 18.0 Å². The second kappa shape index (κ2) is 6.53. The molecule has 1 unspecified atom stereocenters. The number of alkyl halides is 3. The van der Waals surface area contributed by atoms with Crippen molar-refractivity contribution >= 4 is 6.29 Å². The van der Waals surface area contributed by atoms with E-state index >= 15 is 0 Å². The van der Waals surface area contributed by atoms with E-state index in [0.29, 0.717) is 17.4 Å². The Morgan fingerprint density at radius 1 is 1.17 bits per heavy atom. The molecular formula is C17H12F3NO2. The molecule has 1 atom stereocenters. The van der Waals surface area contributed by atoms with Gasteiger partial charge in [-0.15, -0.1) is 0 Å². The fraction of sp³-hybridized carbons (Fsp3) is 0.176. The minimum atomic E-state index is -4.63. The largest absolute Gasteiger partial charge is 0.486 e. The van der Waals surface area contributed by atoms with Crippen LogP contribution in [-0.2, 0) is 6.18 Å². The molecule has 0 bridgehead atoms. The van der Waals surface area contributed by atoms with Crippen LogP contribution in [0.15, 0.2) is 42.5 Å². The molecule has 0 radical (unpaired) electrons. The van der Waals surface area contributed by atoms with E-state index in [0.717, 1.165) is 12.1 Å². The molecule has 0 saturated carbocycles. The summed E-state index contributed by atoms with van der Waals surface area (Å²) in [4.78, 5) is 10.6. The normalized spacial score (nSPS) is 12.3. The molecule has 0 amide bonds. The fourth-order valence-corrected chi connectivity index (χ4v) is 2.05. The number of hydrogen-bond acceptors (Lipinski definition) is 3. The Morgan fingerprint density at radius 3 is 2.35 bits per heavy atom. The Hall–Kier alpha value is -2.81. The predicted molar refractivity (Wildman–Crippen MR) is 77.0 cm³/mol. The highest BCUT2D eigenvalue weighted by molar-refractivity contribution is 5.74. The van der Waals surface area contributed by atoms with Crippen LogP contribution < -0.4 is 4.74 Å². The molecule has 118 valence electrons. The fourth-order valence-electron chi connectivity index (χ4n) is 2.05. The third-order valence-corrected chi connectivity index (χ3v) is 3.27. The highest BCUT2D eigenvalue weighted by Gasteiger charge is 2.34. The van der Waals surface area contributed by atoms with Crippen LogP contribution in [0.5, 0.6) is 5.75 Å². The van der Waals surface area contributed by atoms with Crippen molar-refractivity contribution in [3.05, 3.63) is 64.7 Å². The molecule has 0 saturated heterocycles. The summed E-state index contributed by atoms with van der Waals surface area (Å²) in [5, 5.41) is 8.76. The summed E-state index contributed by atoms with van der Waals surface area (Å²) in [5.41, 5.74) is -0.263. The number of ether oxygens (including phenoxy) is 1. The zero-order chi connectivity index (χ0) is 17.0. The van der Waals surface area contributed by atoms with Gasteiger partial charge in [0.2, 0.25) is 0 Å². The van der Waals surface area contributed by atoms with Crippen molar-refractivity contribution in [1.29, 1.82) is 5.26 Å². The van der Waals surface area contributed by atoms with Gasteiger partial charge < -0.3 is 4.74 Å². The van der Waals surface area contributed by atoms with Gasteiger partial charge in [0, 0.05) is 5.56 Å². The van der Waals surface area contributed by atoms with E-state index in [2.05, 4.69) is 0 Å². The third kappa shape index (κ3) is 3.89. The molecule has 2 rings (SSSR count). The lowest BCUT2D eigenvalue weighted by molar-refractivity contribution is -0.137. The molecular weight excluding hydrogens is 307 g/mol. The van der Waals surface area contributed by atoms with E-state index in [-0.39, 0.29) is 5.75 Å². The highest BCUT2D eigenvalue weighted by atomic mass is 19.4. The topological polar surface area (TPSA) is 50.1 Å². The first kappa shape index (κ1) is 16.6. The molecule has 0 heterocycles. The van der Waals surface area contributed by atoms with E-state index in [1.54, 1.807) is 31.2 Å². The van der Waals surface area contributed by atoms with Crippen LogP contribution in [0, 0.1) is 11.3 Å². The van der Waals surface area contributed by atoms with E-state index < -0.39 is 23.4 Å². The van der Waals surface area contributed by atoms with Crippen LogP contribution in [0.2, 0.25) is 0 Å². The smallest absolute Gasteiger partial charge is 0.417 e. The van der Waals surface area contributed by atoms with Crippen molar-refractivity contribution in [2.75, 3.05) is 0 Å². The second-order valence-electron chi connectivity index (χ2n) is 4.86. The first-order valence-electron chi connectivity index (χ1n) is 6.68. The van der Waals surface area contributed by atoms with Crippen LogP contribution in [0.25, 0.3) is 0 Å². The van der Waals surface area contributed by atoms with Gasteiger partial charge >= 0.3 is 6.18 Å². The van der Waals surface area contributed by atoms with Gasteiger partial charge in [0.1, 0.15) is 18.1 Å². The van der Waals surface area contributed by atoms with Gasteiger partial charge in [0.25, 0.3) is 0 Å². The van der Waals surface area contributed by atoms with Gasteiger partial charge in [0.15, 0.2) is 0 Å². The lowest BCUT2D eigenvalue weighted by atomic mass is 10.1. The van der Waals surface area contributed by atoms with Gasteiger partial charge in [-0.2, -0.15) is 18.4 Å². The summed E-state index contributed by atoms with van der Waals surface area (Å²) >= 11 is 0. The van der Waals surface area contributed by atoms with Crippen molar-refractivity contribution in [3.63, 3.8) is 0 Å². The molecule has 0 N–H and O–H groups in total. The van der Waals surface area contributed by atoms with Crippen LogP contribution >= 0.6 is 0 Å². The average Bonchev–Trinajstić information content (AvgIpc) is 2.54. The van der Waals surface area contributed by atoms with Gasteiger partial charge in [0.05, 0.1) is 17.2 Å². The summed E-state index contributed by atoms with van der Waals surface area (Å²) in [6.45, 7) is 1.68. The standard InChI is InChI=1S/C17H12F3NO2/c1-11(13-4-2-12(10-22)3-5-13)23-15-7-6-14(9-21)16(8-15)17(18,19)20/h2-8,10-11H,1H3. The number of benzene rings is 2. The Balaban J connectivity index is 2.25. The molecule has 0 fully saturated rings. The molecule has 3 nitrogen and oxygen atoms in total. The Labute approximate surface area is 130 Å². The molecule has 6 heteroatoms. The molecule has 0 spiro atoms. The summed E-state index contributed by atoms with van der Waals surface area (Å²) in [5.74, 6) is 0.0169. The van der Waals surface area contributed by atoms with Crippen LogP contribution in [-0.4, -0.2) is 6.29 Å². The van der Waals surface area contributed by atoms with E-state index in [1.807, 2.05) is 0 Å². The number of rotatable bonds is 4. The maximum atomic E-state index is 12.9. The lowest BCUT2D eigenvalue weighted by Crippen LogP contribution is -2.09. The Kier molecular flexibility index (Phi) is 4.70. The zero-order valence-corrected chi connectivity index (χ0v) is 12.1. The number of carbonyl (C=O) groups excluding carboxylic acids is 1. The minimum absolute atomic E-state index is 0.0169. The van der Waals surface area contributed by atoms with E-state index in [4.69, 9.17) is 10.00 Å². The summed E-state index contributed by atoms with van der Waals surface area (Å²) in [6, 6.07) is 11.3. The summed E-state index contributed by atoms with van der Waals surface area (Å²) in [6.07, 6.45) is -4.44. The highest BCUT2D eigenvalue weighted by Crippen LogP contribution is 2.35. The van der Waals surface area contributed by atoms with Crippen molar-refractivity contribution in [2.45, 2.75) is 19.2 Å². The number of nitrogens with zero attached hydrogens (tertiary/aromatic N) is 1. The SMILES string of the molecule is CC(Oc1ccc(C#N)c(C(F)(F)F)c1)c1ccc(C=O)cc1. The van der Waals surface area contributed by atoms with Crippen molar-refractivity contribution in [3.8, 4) is 11.8 Å². The Bertz CT molecular complexity index is 746. The monoisotopic (exact) mass is 319 g/mol. The average molecular weight is 319 g/mol. The third-order valence-electron chi connectivity index (χ3n) is 3.27.